The summed E-state index contributed by atoms with van der Waals surface area (Å²) >= 11 is 6.93. The number of Topliss-reactive ketones (excluding diaryl/α,β-unsaturated/α-hetero) is 4. The van der Waals surface area contributed by atoms with Crippen molar-refractivity contribution < 1.29 is 34.2 Å². The van der Waals surface area contributed by atoms with Gasteiger partial charge in [0.15, 0.2) is 34.7 Å². The Kier molecular flexibility index (Phi) is 7.32. The zero-order valence-corrected chi connectivity index (χ0v) is 24.8. The summed E-state index contributed by atoms with van der Waals surface area (Å²) in [6.45, 7) is 2.05. The summed E-state index contributed by atoms with van der Waals surface area (Å²) in [6.07, 6.45) is 1.87. The number of likely N-dealkylation sites (N-methyl/N-ethyl adjacent to an activating group) is 1. The van der Waals surface area contributed by atoms with Crippen LogP contribution in [0.4, 0.5) is 0 Å². The van der Waals surface area contributed by atoms with E-state index in [1.165, 1.54) is 22.1 Å². The molecule has 4 aliphatic rings. The largest absolute Gasteiger partial charge is 0.507 e. The maximum absolute atomic E-state index is 13.9. The maximum Gasteiger partial charge on any atom is 0.235 e. The summed E-state index contributed by atoms with van der Waals surface area (Å²) in [6, 6.07) is 8.64. The van der Waals surface area contributed by atoms with Gasteiger partial charge in [-0.05, 0) is 74.0 Å². The summed E-state index contributed by atoms with van der Waals surface area (Å²) < 4.78 is 0. The Hall–Kier alpha value is -3.44. The van der Waals surface area contributed by atoms with Crippen LogP contribution < -0.4 is 5.73 Å². The summed E-state index contributed by atoms with van der Waals surface area (Å²) in [7, 11) is 3.11. The van der Waals surface area contributed by atoms with E-state index >= 15 is 0 Å². The molecule has 11 heteroatoms. The molecule has 0 aromatic heterocycles. The van der Waals surface area contributed by atoms with Crippen LogP contribution in [-0.4, -0.2) is 87.9 Å². The molecule has 2 unspecified atom stereocenters. The Morgan fingerprint density at radius 2 is 1.72 bits per heavy atom. The number of benzene rings is 2. The van der Waals surface area contributed by atoms with Crippen molar-refractivity contribution in [3.63, 3.8) is 0 Å². The number of rotatable bonds is 4. The monoisotopic (exact) mass is 607 g/mol. The standard InChI is InChI=1S/C32H34ClN3O7/c1-35(2)26-20-12-17-11-19-23(27(38)22(17)29(40)32(20,43)30(41)24(28(26)39)31(34)42)21(37)13-18(25(19)33)14-36-9-7-15-5-3-4-6-16(15)8-10-36/h3-6,13,17,20,22,24,26,37,43H,7-12,14H2,1-2H3,(H2,34,42)/t17-,20-,22?,24?,26-,32-/m0/s1. The van der Waals surface area contributed by atoms with Gasteiger partial charge in [0.25, 0.3) is 0 Å². The number of fused-ring (bicyclic) bond motifs is 4. The molecule has 2 fully saturated rings. The van der Waals surface area contributed by atoms with Crippen LogP contribution in [0, 0.1) is 23.7 Å². The quantitative estimate of drug-likeness (QED) is 0.433. The van der Waals surface area contributed by atoms with Gasteiger partial charge in [0.1, 0.15) is 5.75 Å². The number of aliphatic hydroxyl groups is 1. The van der Waals surface area contributed by atoms with Crippen molar-refractivity contribution in [3.8, 4) is 5.75 Å². The molecule has 226 valence electrons. The number of aromatic hydroxyl groups is 1. The van der Waals surface area contributed by atoms with Gasteiger partial charge < -0.3 is 15.9 Å². The Morgan fingerprint density at radius 1 is 1.09 bits per heavy atom. The number of amides is 1. The van der Waals surface area contributed by atoms with E-state index in [4.69, 9.17) is 17.3 Å². The highest BCUT2D eigenvalue weighted by Crippen LogP contribution is 2.51. The van der Waals surface area contributed by atoms with Gasteiger partial charge in [-0.25, -0.2) is 0 Å². The predicted octanol–water partition coefficient (Wildman–Crippen LogP) is 1.12. The Morgan fingerprint density at radius 3 is 2.30 bits per heavy atom. The average Bonchev–Trinajstić information content (AvgIpc) is 3.15. The first-order chi connectivity index (χ1) is 20.4. The molecule has 6 rings (SSSR count). The second-order valence-corrected chi connectivity index (χ2v) is 12.9. The first-order valence-corrected chi connectivity index (χ1v) is 14.9. The van der Waals surface area contributed by atoms with Crippen LogP contribution in [-0.2, 0) is 45.0 Å². The number of hydrogen-bond donors (Lipinski definition) is 3. The lowest BCUT2D eigenvalue weighted by atomic mass is 9.52. The van der Waals surface area contributed by atoms with Gasteiger partial charge in [-0.15, -0.1) is 0 Å². The van der Waals surface area contributed by atoms with Crippen LogP contribution in [0.1, 0.15) is 39.0 Å². The van der Waals surface area contributed by atoms with Gasteiger partial charge in [0, 0.05) is 30.6 Å². The van der Waals surface area contributed by atoms with E-state index in [2.05, 4.69) is 17.0 Å². The molecular formula is C32H34ClN3O7. The zero-order valence-electron chi connectivity index (χ0n) is 24.0. The fourth-order valence-corrected chi connectivity index (χ4v) is 8.22. The van der Waals surface area contributed by atoms with Crippen LogP contribution in [0.2, 0.25) is 5.02 Å². The van der Waals surface area contributed by atoms with E-state index < -0.39 is 64.4 Å². The Balaban J connectivity index is 1.34. The van der Waals surface area contributed by atoms with Crippen molar-refractivity contribution in [3.05, 3.63) is 63.2 Å². The van der Waals surface area contributed by atoms with Crippen molar-refractivity contribution in [2.75, 3.05) is 27.2 Å². The van der Waals surface area contributed by atoms with Gasteiger partial charge in [0.2, 0.25) is 5.91 Å². The van der Waals surface area contributed by atoms with Crippen LogP contribution in [0.15, 0.2) is 30.3 Å². The molecule has 2 aromatic rings. The van der Waals surface area contributed by atoms with Crippen LogP contribution in [0.5, 0.6) is 5.75 Å². The SMILES string of the molecule is CN(C)[C@@H]1C(=O)C(C(N)=O)C(=O)[C@@]2(O)C(=O)C3C(=O)c4c(O)cc(CN5CCc6ccccc6CC5)c(Cl)c4C[C@H]3C[C@@H]12. The molecule has 6 atom stereocenters. The van der Waals surface area contributed by atoms with Crippen LogP contribution >= 0.6 is 11.6 Å². The van der Waals surface area contributed by atoms with Crippen molar-refractivity contribution >= 4 is 40.6 Å². The highest BCUT2D eigenvalue weighted by Gasteiger charge is 2.69. The molecule has 0 bridgehead atoms. The number of carbonyl (C=O) groups is 5. The minimum atomic E-state index is -2.75. The third-order valence-electron chi connectivity index (χ3n) is 9.98. The fraction of sp³-hybridized carbons (Fsp3) is 0.469. The first-order valence-electron chi connectivity index (χ1n) is 14.5. The molecule has 0 radical (unpaired) electrons. The number of phenolic OH excluding ortho intramolecular Hbond substituents is 1. The highest BCUT2D eigenvalue weighted by atomic mass is 35.5. The molecule has 1 heterocycles. The van der Waals surface area contributed by atoms with E-state index in [-0.39, 0.29) is 24.2 Å². The van der Waals surface area contributed by atoms with Crippen LogP contribution in [0.3, 0.4) is 0 Å². The van der Waals surface area contributed by atoms with E-state index in [0.717, 1.165) is 25.9 Å². The van der Waals surface area contributed by atoms with Gasteiger partial charge in [-0.1, -0.05) is 35.9 Å². The molecule has 10 nitrogen and oxygen atoms in total. The molecule has 1 aliphatic heterocycles. The summed E-state index contributed by atoms with van der Waals surface area (Å²) in [5.41, 5.74) is 6.22. The molecule has 2 aromatic carbocycles. The number of ketones is 4. The van der Waals surface area contributed by atoms with Crippen molar-refractivity contribution in [1.29, 1.82) is 0 Å². The summed E-state index contributed by atoms with van der Waals surface area (Å²) in [4.78, 5) is 70.3. The first kappa shape index (κ1) is 29.6. The number of nitrogens with zero attached hydrogens (tertiary/aromatic N) is 2. The molecule has 0 spiro atoms. The zero-order chi connectivity index (χ0) is 31.0. The second-order valence-electron chi connectivity index (χ2n) is 12.6. The molecule has 2 saturated carbocycles. The molecule has 1 amide bonds. The van der Waals surface area contributed by atoms with Gasteiger partial charge in [-0.3, -0.25) is 33.8 Å². The molecule has 0 saturated heterocycles. The van der Waals surface area contributed by atoms with Crippen molar-refractivity contribution in [2.45, 2.75) is 43.9 Å². The van der Waals surface area contributed by atoms with E-state index in [9.17, 15) is 34.2 Å². The fourth-order valence-electron chi connectivity index (χ4n) is 7.94. The number of hydrogen-bond acceptors (Lipinski definition) is 9. The minimum absolute atomic E-state index is 0.0183. The predicted molar refractivity (Wildman–Crippen MR) is 155 cm³/mol. The number of halogens is 1. The van der Waals surface area contributed by atoms with Gasteiger partial charge >= 0.3 is 0 Å². The average molecular weight is 608 g/mol. The highest BCUT2D eigenvalue weighted by molar-refractivity contribution is 6.34. The number of carbonyl (C=O) groups excluding carboxylic acids is 5. The van der Waals surface area contributed by atoms with Crippen LogP contribution in [0.25, 0.3) is 0 Å². The molecule has 3 aliphatic carbocycles. The number of primary amides is 1. The molecular weight excluding hydrogens is 574 g/mol. The summed E-state index contributed by atoms with van der Waals surface area (Å²) in [5, 5.41) is 23.1. The van der Waals surface area contributed by atoms with Crippen molar-refractivity contribution in [2.24, 2.45) is 29.4 Å². The second kappa shape index (κ2) is 10.6. The minimum Gasteiger partial charge on any atom is -0.507 e. The Bertz CT molecular complexity index is 1560. The Labute approximate surface area is 253 Å². The third-order valence-corrected chi connectivity index (χ3v) is 10.4. The van der Waals surface area contributed by atoms with Gasteiger partial charge in [0.05, 0.1) is 17.5 Å². The number of phenols is 1. The van der Waals surface area contributed by atoms with E-state index in [1.807, 2.05) is 12.1 Å². The number of nitrogens with two attached hydrogens (primary N) is 1. The lowest BCUT2D eigenvalue weighted by Crippen LogP contribution is -2.74. The van der Waals surface area contributed by atoms with Gasteiger partial charge in [-0.2, -0.15) is 0 Å². The maximum atomic E-state index is 13.9. The smallest absolute Gasteiger partial charge is 0.235 e. The van der Waals surface area contributed by atoms with Crippen molar-refractivity contribution in [1.82, 2.24) is 9.80 Å². The third kappa shape index (κ3) is 4.46. The topological polar surface area (TPSA) is 158 Å². The normalized spacial score (nSPS) is 30.8. The molecule has 43 heavy (non-hydrogen) atoms. The lowest BCUT2D eigenvalue weighted by Gasteiger charge is -2.52. The summed E-state index contributed by atoms with van der Waals surface area (Å²) in [5.74, 6) is -10.7. The lowest BCUT2D eigenvalue weighted by molar-refractivity contribution is -0.181. The molecule has 4 N–H and O–H groups in total. The van der Waals surface area contributed by atoms with E-state index in [1.54, 1.807) is 14.1 Å². The van der Waals surface area contributed by atoms with E-state index in [0.29, 0.717) is 22.7 Å².